The van der Waals surface area contributed by atoms with Crippen LogP contribution < -0.4 is 10.2 Å². The minimum Gasteiger partial charge on any atom is -0.356 e. The molecule has 0 bridgehead atoms. The van der Waals surface area contributed by atoms with E-state index in [4.69, 9.17) is 0 Å². The summed E-state index contributed by atoms with van der Waals surface area (Å²) in [5, 5.41) is 3.90. The third-order valence-corrected chi connectivity index (χ3v) is 5.29. The number of aromatic nitrogens is 2. The molecule has 3 rings (SSSR count). The molecule has 1 atom stereocenters. The Bertz CT molecular complexity index is 731. The van der Waals surface area contributed by atoms with Gasteiger partial charge in [-0.1, -0.05) is 26.0 Å². The lowest BCUT2D eigenvalue weighted by Gasteiger charge is -2.31. The van der Waals surface area contributed by atoms with Gasteiger partial charge in [-0.15, -0.1) is 0 Å². The van der Waals surface area contributed by atoms with Crippen molar-refractivity contribution in [2.24, 2.45) is 11.8 Å². The number of nitrogens with one attached hydrogen (secondary N) is 1. The average Bonchev–Trinajstić information content (AvgIpc) is 3.10. The predicted molar refractivity (Wildman–Crippen MR) is 102 cm³/mol. The van der Waals surface area contributed by atoms with E-state index in [0.29, 0.717) is 18.9 Å². The Kier molecular flexibility index (Phi) is 6.19. The normalized spacial score (nSPS) is 17.5. The largest absolute Gasteiger partial charge is 0.356 e. The van der Waals surface area contributed by atoms with Crippen LogP contribution in [0.25, 0.3) is 0 Å². The average molecular weight is 377 g/mol. The van der Waals surface area contributed by atoms with Gasteiger partial charge in [0.15, 0.2) is 0 Å². The van der Waals surface area contributed by atoms with Crippen LogP contribution in [0.3, 0.4) is 0 Å². The molecule has 140 valence electrons. The number of halogens is 1. The predicted octanol–water partition coefficient (Wildman–Crippen LogP) is 3.26. The fourth-order valence-corrected chi connectivity index (χ4v) is 3.76. The molecule has 1 saturated heterocycles. The van der Waals surface area contributed by atoms with Crippen LogP contribution >= 0.6 is 11.5 Å². The van der Waals surface area contributed by atoms with Crippen molar-refractivity contribution in [2.45, 2.75) is 33.1 Å². The number of anilines is 1. The minimum atomic E-state index is -0.240. The summed E-state index contributed by atoms with van der Waals surface area (Å²) in [6, 6.07) is 6.42. The molecule has 1 N–H and O–H groups in total. The van der Waals surface area contributed by atoms with Crippen molar-refractivity contribution in [3.63, 3.8) is 0 Å². The second-order valence-corrected chi connectivity index (χ2v) is 7.95. The Hall–Kier alpha value is -2.02. The van der Waals surface area contributed by atoms with Gasteiger partial charge >= 0.3 is 0 Å². The van der Waals surface area contributed by atoms with Gasteiger partial charge in [0, 0.05) is 37.6 Å². The van der Waals surface area contributed by atoms with Crippen LogP contribution in [0.5, 0.6) is 0 Å². The van der Waals surface area contributed by atoms with E-state index in [0.717, 1.165) is 42.5 Å². The Morgan fingerprint density at radius 1 is 1.38 bits per heavy atom. The van der Waals surface area contributed by atoms with E-state index in [9.17, 15) is 9.18 Å². The molecular formula is C19H25FN4OS. The first kappa shape index (κ1) is 18.8. The number of piperidine rings is 1. The zero-order chi connectivity index (χ0) is 18.5. The van der Waals surface area contributed by atoms with E-state index in [1.165, 1.54) is 23.7 Å². The monoisotopic (exact) mass is 376 g/mol. The molecule has 0 aliphatic carbocycles. The second kappa shape index (κ2) is 8.58. The zero-order valence-electron chi connectivity index (χ0n) is 15.2. The van der Waals surface area contributed by atoms with E-state index in [1.807, 2.05) is 0 Å². The van der Waals surface area contributed by atoms with Crippen LogP contribution in [0.4, 0.5) is 9.52 Å². The fourth-order valence-electron chi connectivity index (χ4n) is 3.04. The molecule has 1 unspecified atom stereocenters. The quantitative estimate of drug-likeness (QED) is 0.841. The molecule has 1 aromatic carbocycles. The van der Waals surface area contributed by atoms with Gasteiger partial charge in [-0.05, 0) is 36.5 Å². The van der Waals surface area contributed by atoms with E-state index in [-0.39, 0.29) is 17.6 Å². The summed E-state index contributed by atoms with van der Waals surface area (Å²) in [5.41, 5.74) is 0.986. The highest BCUT2D eigenvalue weighted by Crippen LogP contribution is 2.25. The first-order chi connectivity index (χ1) is 12.5. The maximum atomic E-state index is 13.0. The van der Waals surface area contributed by atoms with Crippen molar-refractivity contribution < 1.29 is 9.18 Å². The van der Waals surface area contributed by atoms with E-state index in [2.05, 4.69) is 33.4 Å². The molecule has 1 fully saturated rings. The highest BCUT2D eigenvalue weighted by molar-refractivity contribution is 7.09. The van der Waals surface area contributed by atoms with Gasteiger partial charge in [0.1, 0.15) is 11.6 Å². The summed E-state index contributed by atoms with van der Waals surface area (Å²) < 4.78 is 17.4. The minimum absolute atomic E-state index is 0.00643. The van der Waals surface area contributed by atoms with Crippen LogP contribution in [-0.2, 0) is 11.2 Å². The topological polar surface area (TPSA) is 58.1 Å². The number of nitrogens with zero attached hydrogens (tertiary/aromatic N) is 3. The number of amides is 1. The summed E-state index contributed by atoms with van der Waals surface area (Å²) in [4.78, 5) is 19.1. The van der Waals surface area contributed by atoms with Crippen LogP contribution in [-0.4, -0.2) is 34.9 Å². The molecule has 7 heteroatoms. The van der Waals surface area contributed by atoms with Crippen molar-refractivity contribution in [3.8, 4) is 0 Å². The Morgan fingerprint density at radius 3 is 2.88 bits per heavy atom. The van der Waals surface area contributed by atoms with Crippen molar-refractivity contribution in [3.05, 3.63) is 41.5 Å². The summed E-state index contributed by atoms with van der Waals surface area (Å²) in [6.07, 6.45) is 2.48. The van der Waals surface area contributed by atoms with Crippen molar-refractivity contribution >= 4 is 22.6 Å². The number of carbonyl (C=O) groups is 1. The van der Waals surface area contributed by atoms with Gasteiger partial charge in [0.25, 0.3) is 0 Å². The van der Waals surface area contributed by atoms with Gasteiger partial charge in [-0.2, -0.15) is 4.37 Å². The number of benzene rings is 1. The fraction of sp³-hybridized carbons (Fsp3) is 0.526. The van der Waals surface area contributed by atoms with Crippen LogP contribution in [0, 0.1) is 17.7 Å². The van der Waals surface area contributed by atoms with E-state index < -0.39 is 0 Å². The molecule has 1 aliphatic heterocycles. The standard InChI is InChI=1S/C19H25FN4OS/c1-13(2)11-21-18(25)15-4-3-9-24(12-15)19-22-17(23-26-19)10-14-5-7-16(20)8-6-14/h5-8,13,15H,3-4,9-12H2,1-2H3,(H,21,25). The summed E-state index contributed by atoms with van der Waals surface area (Å²) in [7, 11) is 0. The van der Waals surface area contributed by atoms with Crippen molar-refractivity contribution in [1.82, 2.24) is 14.7 Å². The van der Waals surface area contributed by atoms with E-state index in [1.54, 1.807) is 12.1 Å². The summed E-state index contributed by atoms with van der Waals surface area (Å²) in [5.74, 6) is 1.10. The number of hydrogen-bond acceptors (Lipinski definition) is 5. The van der Waals surface area contributed by atoms with Gasteiger partial charge < -0.3 is 10.2 Å². The zero-order valence-corrected chi connectivity index (χ0v) is 16.1. The van der Waals surface area contributed by atoms with Gasteiger partial charge in [0.05, 0.1) is 5.92 Å². The number of rotatable bonds is 6. The molecule has 1 aromatic heterocycles. The van der Waals surface area contributed by atoms with E-state index >= 15 is 0 Å². The maximum absolute atomic E-state index is 13.0. The van der Waals surface area contributed by atoms with Gasteiger partial charge in [0.2, 0.25) is 11.0 Å². The van der Waals surface area contributed by atoms with Gasteiger partial charge in [-0.25, -0.2) is 9.37 Å². The first-order valence-electron chi connectivity index (χ1n) is 9.11. The number of carbonyl (C=O) groups excluding carboxylic acids is 1. The Morgan fingerprint density at radius 2 is 2.15 bits per heavy atom. The second-order valence-electron chi connectivity index (χ2n) is 7.22. The Balaban J connectivity index is 1.59. The third-order valence-electron chi connectivity index (χ3n) is 4.48. The lowest BCUT2D eigenvalue weighted by atomic mass is 9.97. The molecule has 2 aromatic rings. The van der Waals surface area contributed by atoms with Gasteiger partial charge in [-0.3, -0.25) is 4.79 Å². The van der Waals surface area contributed by atoms with Crippen LogP contribution in [0.2, 0.25) is 0 Å². The SMILES string of the molecule is CC(C)CNC(=O)C1CCCN(c2nc(Cc3ccc(F)cc3)ns2)C1. The lowest BCUT2D eigenvalue weighted by molar-refractivity contribution is -0.125. The molecule has 26 heavy (non-hydrogen) atoms. The maximum Gasteiger partial charge on any atom is 0.224 e. The third kappa shape index (κ3) is 5.00. The first-order valence-corrected chi connectivity index (χ1v) is 9.88. The van der Waals surface area contributed by atoms with Crippen molar-refractivity contribution in [2.75, 3.05) is 24.5 Å². The Labute approximate surface area is 157 Å². The van der Waals surface area contributed by atoms with Crippen molar-refractivity contribution in [1.29, 1.82) is 0 Å². The number of hydrogen-bond donors (Lipinski definition) is 1. The molecule has 0 radical (unpaired) electrons. The highest BCUT2D eigenvalue weighted by Gasteiger charge is 2.27. The molecule has 5 nitrogen and oxygen atoms in total. The molecule has 0 spiro atoms. The van der Waals surface area contributed by atoms with Crippen LogP contribution in [0.1, 0.15) is 38.1 Å². The molecule has 1 aliphatic rings. The molecule has 0 saturated carbocycles. The smallest absolute Gasteiger partial charge is 0.224 e. The summed E-state index contributed by atoms with van der Waals surface area (Å²) >= 11 is 1.37. The summed E-state index contributed by atoms with van der Waals surface area (Å²) in [6.45, 7) is 6.50. The highest BCUT2D eigenvalue weighted by atomic mass is 32.1. The lowest BCUT2D eigenvalue weighted by Crippen LogP contribution is -2.43. The molecule has 2 heterocycles. The molecular weight excluding hydrogens is 351 g/mol. The van der Waals surface area contributed by atoms with Crippen LogP contribution in [0.15, 0.2) is 24.3 Å². The molecule has 1 amide bonds.